The third-order valence-electron chi connectivity index (χ3n) is 2.93. The van der Waals surface area contributed by atoms with Crippen molar-refractivity contribution in [1.82, 2.24) is 20.4 Å². The minimum atomic E-state index is -0.594. The zero-order chi connectivity index (χ0) is 15.6. The van der Waals surface area contributed by atoms with Gasteiger partial charge < -0.3 is 4.74 Å². The van der Waals surface area contributed by atoms with Gasteiger partial charge in [-0.1, -0.05) is 20.8 Å². The van der Waals surface area contributed by atoms with Crippen LogP contribution in [0.15, 0.2) is 16.9 Å². The topological polar surface area (TPSA) is 101 Å². The molecule has 21 heavy (non-hydrogen) atoms. The highest BCUT2D eigenvalue weighted by Gasteiger charge is 2.20. The maximum atomic E-state index is 11.9. The van der Waals surface area contributed by atoms with Crippen LogP contribution in [-0.2, 0) is 16.8 Å². The van der Waals surface area contributed by atoms with Gasteiger partial charge in [-0.15, -0.1) is 0 Å². The average molecular weight is 290 g/mol. The van der Waals surface area contributed by atoms with Crippen LogP contribution in [0.2, 0.25) is 0 Å². The molecule has 2 aromatic rings. The van der Waals surface area contributed by atoms with Crippen molar-refractivity contribution in [2.24, 2.45) is 0 Å². The summed E-state index contributed by atoms with van der Waals surface area (Å²) < 4.78 is 5.06. The smallest absolute Gasteiger partial charge is 0.359 e. The SMILES string of the molecule is Cc1cc(=O)c(COC(=O)c2cc(C(C)(C)C)[nH]n2)n[nH]1. The number of hydrogen-bond donors (Lipinski definition) is 2. The van der Waals surface area contributed by atoms with Crippen molar-refractivity contribution in [1.29, 1.82) is 0 Å². The first-order valence-corrected chi connectivity index (χ1v) is 6.55. The summed E-state index contributed by atoms with van der Waals surface area (Å²) in [4.78, 5) is 23.5. The number of carbonyl (C=O) groups is 1. The molecule has 0 amide bonds. The van der Waals surface area contributed by atoms with Gasteiger partial charge >= 0.3 is 5.97 Å². The van der Waals surface area contributed by atoms with Crippen molar-refractivity contribution in [3.63, 3.8) is 0 Å². The number of nitrogens with one attached hydrogen (secondary N) is 2. The van der Waals surface area contributed by atoms with Gasteiger partial charge in [-0.2, -0.15) is 10.2 Å². The molecule has 7 nitrogen and oxygen atoms in total. The molecule has 0 unspecified atom stereocenters. The predicted molar refractivity (Wildman–Crippen MR) is 76.0 cm³/mol. The van der Waals surface area contributed by atoms with E-state index in [1.807, 2.05) is 20.8 Å². The predicted octanol–water partition coefficient (Wildman–Crippen LogP) is 1.46. The van der Waals surface area contributed by atoms with Crippen LogP contribution in [0.25, 0.3) is 0 Å². The first-order chi connectivity index (χ1) is 9.77. The van der Waals surface area contributed by atoms with Crippen LogP contribution >= 0.6 is 0 Å². The van der Waals surface area contributed by atoms with Gasteiger partial charge in [0.1, 0.15) is 12.3 Å². The van der Waals surface area contributed by atoms with Gasteiger partial charge in [0.25, 0.3) is 0 Å². The van der Waals surface area contributed by atoms with Crippen LogP contribution in [0.4, 0.5) is 0 Å². The van der Waals surface area contributed by atoms with Crippen molar-refractivity contribution in [3.8, 4) is 0 Å². The lowest BCUT2D eigenvalue weighted by Gasteiger charge is -2.14. The first-order valence-electron chi connectivity index (χ1n) is 6.55. The normalized spacial score (nSPS) is 11.4. The molecular weight excluding hydrogens is 272 g/mol. The first kappa shape index (κ1) is 15.0. The Kier molecular flexibility index (Phi) is 3.93. The molecular formula is C14H18N4O3. The Balaban J connectivity index is 2.05. The summed E-state index contributed by atoms with van der Waals surface area (Å²) in [6.07, 6.45) is 0. The Morgan fingerprint density at radius 1 is 1.24 bits per heavy atom. The van der Waals surface area contributed by atoms with Gasteiger partial charge in [-0.3, -0.25) is 15.0 Å². The van der Waals surface area contributed by atoms with E-state index in [4.69, 9.17) is 4.74 Å². The van der Waals surface area contributed by atoms with Crippen molar-refractivity contribution in [2.75, 3.05) is 0 Å². The van der Waals surface area contributed by atoms with Crippen LogP contribution in [0.5, 0.6) is 0 Å². The van der Waals surface area contributed by atoms with E-state index < -0.39 is 5.97 Å². The monoisotopic (exact) mass is 290 g/mol. The Labute approximate surface area is 121 Å². The summed E-state index contributed by atoms with van der Waals surface area (Å²) in [6, 6.07) is 3.05. The number of aryl methyl sites for hydroxylation is 1. The summed E-state index contributed by atoms with van der Waals surface area (Å²) in [5.74, 6) is -0.594. The van der Waals surface area contributed by atoms with Crippen LogP contribution in [-0.4, -0.2) is 26.4 Å². The Morgan fingerprint density at radius 3 is 2.52 bits per heavy atom. The van der Waals surface area contributed by atoms with Crippen molar-refractivity contribution in [2.45, 2.75) is 39.7 Å². The lowest BCUT2D eigenvalue weighted by molar-refractivity contribution is 0.0458. The number of esters is 1. The van der Waals surface area contributed by atoms with E-state index in [0.717, 1.165) is 5.69 Å². The highest BCUT2D eigenvalue weighted by molar-refractivity contribution is 5.87. The fourth-order valence-corrected chi connectivity index (χ4v) is 1.64. The second-order valence-corrected chi connectivity index (χ2v) is 5.85. The third-order valence-corrected chi connectivity index (χ3v) is 2.93. The molecule has 0 bridgehead atoms. The van der Waals surface area contributed by atoms with Gasteiger partial charge in [0, 0.05) is 22.9 Å². The van der Waals surface area contributed by atoms with Crippen LogP contribution in [0.3, 0.4) is 0 Å². The lowest BCUT2D eigenvalue weighted by Crippen LogP contribution is -2.16. The number of aromatic amines is 2. The number of nitrogens with zero attached hydrogens (tertiary/aromatic N) is 2. The summed E-state index contributed by atoms with van der Waals surface area (Å²) in [6.45, 7) is 7.55. The molecule has 2 rings (SSSR count). The number of carbonyl (C=O) groups excluding carboxylic acids is 1. The van der Waals surface area contributed by atoms with E-state index >= 15 is 0 Å². The molecule has 0 aliphatic carbocycles. The molecule has 2 aromatic heterocycles. The molecule has 0 atom stereocenters. The van der Waals surface area contributed by atoms with Crippen LogP contribution < -0.4 is 5.43 Å². The molecule has 0 spiro atoms. The van der Waals surface area contributed by atoms with E-state index in [1.165, 1.54) is 6.07 Å². The molecule has 0 aliphatic rings. The van der Waals surface area contributed by atoms with Gasteiger partial charge in [0.05, 0.1) is 0 Å². The number of H-pyrrole nitrogens is 2. The summed E-state index contributed by atoms with van der Waals surface area (Å²) >= 11 is 0. The molecule has 2 N–H and O–H groups in total. The fraction of sp³-hybridized carbons (Fsp3) is 0.429. The van der Waals surface area contributed by atoms with Crippen LogP contribution in [0, 0.1) is 6.92 Å². The maximum absolute atomic E-state index is 11.9. The molecule has 112 valence electrons. The third kappa shape index (κ3) is 3.56. The number of hydrogen-bond acceptors (Lipinski definition) is 5. The zero-order valence-corrected chi connectivity index (χ0v) is 12.5. The second-order valence-electron chi connectivity index (χ2n) is 5.85. The molecule has 0 saturated carbocycles. The molecule has 0 aromatic carbocycles. The minimum absolute atomic E-state index is 0.138. The summed E-state index contributed by atoms with van der Waals surface area (Å²) in [5, 5.41) is 13.2. The van der Waals surface area contributed by atoms with E-state index in [1.54, 1.807) is 13.0 Å². The van der Waals surface area contributed by atoms with Gasteiger partial charge in [-0.25, -0.2) is 4.79 Å². The van der Waals surface area contributed by atoms with Crippen molar-refractivity contribution < 1.29 is 9.53 Å². The minimum Gasteiger partial charge on any atom is -0.454 e. The Hall–Kier alpha value is -2.44. The van der Waals surface area contributed by atoms with E-state index in [-0.39, 0.29) is 28.8 Å². The highest BCUT2D eigenvalue weighted by atomic mass is 16.5. The fourth-order valence-electron chi connectivity index (χ4n) is 1.64. The number of ether oxygens (including phenoxy) is 1. The van der Waals surface area contributed by atoms with E-state index in [2.05, 4.69) is 20.4 Å². The number of rotatable bonds is 3. The largest absolute Gasteiger partial charge is 0.454 e. The average Bonchev–Trinajstić information content (AvgIpc) is 2.87. The van der Waals surface area contributed by atoms with Crippen molar-refractivity contribution in [3.05, 3.63) is 45.1 Å². The number of aromatic nitrogens is 4. The van der Waals surface area contributed by atoms with Gasteiger partial charge in [-0.05, 0) is 13.0 Å². The molecule has 0 radical (unpaired) electrons. The quantitative estimate of drug-likeness (QED) is 0.833. The van der Waals surface area contributed by atoms with E-state index in [9.17, 15) is 9.59 Å². The zero-order valence-electron chi connectivity index (χ0n) is 12.5. The van der Waals surface area contributed by atoms with Crippen LogP contribution in [0.1, 0.15) is 48.3 Å². The second kappa shape index (κ2) is 5.51. The standard InChI is InChI=1S/C14H18N4O3/c1-8-5-11(19)10(17-15-8)7-21-13(20)9-6-12(18-16-9)14(2,3)4/h5-6H,7H2,1-4H3,(H,15,19)(H,16,18). The Morgan fingerprint density at radius 2 is 1.95 bits per heavy atom. The molecule has 2 heterocycles. The van der Waals surface area contributed by atoms with Gasteiger partial charge in [0.2, 0.25) is 5.43 Å². The maximum Gasteiger partial charge on any atom is 0.359 e. The molecule has 7 heteroatoms. The van der Waals surface area contributed by atoms with E-state index in [0.29, 0.717) is 5.69 Å². The molecule has 0 fully saturated rings. The highest BCUT2D eigenvalue weighted by Crippen LogP contribution is 2.20. The van der Waals surface area contributed by atoms with Crippen molar-refractivity contribution >= 4 is 5.97 Å². The summed E-state index contributed by atoms with van der Waals surface area (Å²) in [7, 11) is 0. The Bertz CT molecular complexity index is 709. The molecule has 0 saturated heterocycles. The van der Waals surface area contributed by atoms with Gasteiger partial charge in [0.15, 0.2) is 5.69 Å². The summed E-state index contributed by atoms with van der Waals surface area (Å²) in [5.41, 5.74) is 1.42. The molecule has 0 aliphatic heterocycles. The lowest BCUT2D eigenvalue weighted by atomic mass is 9.92.